The Morgan fingerprint density at radius 3 is 2.43 bits per heavy atom. The lowest BCUT2D eigenvalue weighted by Gasteiger charge is -2.12. The van der Waals surface area contributed by atoms with Crippen molar-refractivity contribution < 1.29 is 13.2 Å². The first-order valence-electron chi connectivity index (χ1n) is 7.98. The number of rotatable bonds is 3. The molecule has 1 aromatic carbocycles. The second-order valence-corrected chi connectivity index (χ2v) is 8.22. The number of benzene rings is 1. The Bertz CT molecular complexity index is 786. The van der Waals surface area contributed by atoms with E-state index < -0.39 is 10.0 Å². The number of anilines is 1. The van der Waals surface area contributed by atoms with Gasteiger partial charge in [-0.25, -0.2) is 13.1 Å². The molecule has 124 valence electrons. The maximum atomic E-state index is 12.6. The standard InChI is InChI=1S/C17H22N2O3S/c1-11(2)18-23(21,22)13-8-9-15-14(10-13)16(17(20)19(15)3)12-6-4-5-7-12/h8-11,18H,4-7H2,1-3H3. The number of fused-ring (bicyclic) bond motifs is 1. The zero-order chi connectivity index (χ0) is 16.8. The van der Waals surface area contributed by atoms with Gasteiger partial charge in [0.1, 0.15) is 0 Å². The number of allylic oxidation sites excluding steroid dienone is 1. The van der Waals surface area contributed by atoms with Crippen molar-refractivity contribution in [3.63, 3.8) is 0 Å². The minimum absolute atomic E-state index is 0.0248. The van der Waals surface area contributed by atoms with E-state index in [4.69, 9.17) is 0 Å². The third-order valence-corrected chi connectivity index (χ3v) is 6.04. The molecule has 1 aliphatic carbocycles. The number of carbonyl (C=O) groups is 1. The van der Waals surface area contributed by atoms with E-state index in [1.807, 2.05) is 0 Å². The number of sulfonamides is 1. The molecule has 0 atom stereocenters. The molecule has 0 spiro atoms. The number of hydrogen-bond acceptors (Lipinski definition) is 3. The van der Waals surface area contributed by atoms with E-state index in [1.54, 1.807) is 44.0 Å². The van der Waals surface area contributed by atoms with Crippen LogP contribution in [0.25, 0.3) is 5.57 Å². The molecule has 2 aliphatic rings. The SMILES string of the molecule is CC(C)NS(=O)(=O)c1ccc2c(c1)C(=C1CCCC1)C(=O)N2C. The fourth-order valence-corrected chi connectivity index (χ4v) is 4.62. The zero-order valence-corrected chi connectivity index (χ0v) is 14.5. The Morgan fingerprint density at radius 2 is 1.83 bits per heavy atom. The first-order valence-corrected chi connectivity index (χ1v) is 9.46. The summed E-state index contributed by atoms with van der Waals surface area (Å²) < 4.78 is 27.4. The van der Waals surface area contributed by atoms with Gasteiger partial charge in [-0.1, -0.05) is 5.57 Å². The minimum atomic E-state index is -3.57. The molecule has 1 heterocycles. The number of nitrogens with one attached hydrogen (secondary N) is 1. The molecule has 0 radical (unpaired) electrons. The van der Waals surface area contributed by atoms with Crippen LogP contribution in [0, 0.1) is 0 Å². The van der Waals surface area contributed by atoms with Gasteiger partial charge in [0.05, 0.1) is 10.6 Å². The van der Waals surface area contributed by atoms with Crippen molar-refractivity contribution in [1.29, 1.82) is 0 Å². The molecule has 1 fully saturated rings. The molecule has 0 bridgehead atoms. The highest BCUT2D eigenvalue weighted by molar-refractivity contribution is 7.89. The van der Waals surface area contributed by atoms with E-state index in [9.17, 15) is 13.2 Å². The summed E-state index contributed by atoms with van der Waals surface area (Å²) in [5.41, 5.74) is 3.41. The topological polar surface area (TPSA) is 66.5 Å². The Kier molecular flexibility index (Phi) is 4.06. The maximum absolute atomic E-state index is 12.6. The summed E-state index contributed by atoms with van der Waals surface area (Å²) in [5.74, 6) is -0.0248. The molecule has 0 unspecified atom stereocenters. The van der Waals surface area contributed by atoms with Gasteiger partial charge in [-0.2, -0.15) is 0 Å². The second-order valence-electron chi connectivity index (χ2n) is 6.50. The van der Waals surface area contributed by atoms with Gasteiger partial charge in [-0.05, 0) is 57.7 Å². The van der Waals surface area contributed by atoms with Crippen LogP contribution in [0.15, 0.2) is 28.7 Å². The summed E-state index contributed by atoms with van der Waals surface area (Å²) in [6.45, 7) is 3.57. The summed E-state index contributed by atoms with van der Waals surface area (Å²) in [5, 5.41) is 0. The highest BCUT2D eigenvalue weighted by Gasteiger charge is 2.34. The molecule has 1 amide bonds. The average Bonchev–Trinajstić information content (AvgIpc) is 3.06. The van der Waals surface area contributed by atoms with Crippen molar-refractivity contribution in [3.8, 4) is 0 Å². The zero-order valence-electron chi connectivity index (χ0n) is 13.7. The minimum Gasteiger partial charge on any atom is -0.311 e. The lowest BCUT2D eigenvalue weighted by Crippen LogP contribution is -2.30. The fraction of sp³-hybridized carbons (Fsp3) is 0.471. The molecule has 0 aromatic heterocycles. The average molecular weight is 334 g/mol. The van der Waals surface area contributed by atoms with E-state index >= 15 is 0 Å². The predicted molar refractivity (Wildman–Crippen MR) is 90.7 cm³/mol. The first-order chi connectivity index (χ1) is 10.8. The van der Waals surface area contributed by atoms with Crippen LogP contribution in [0.4, 0.5) is 5.69 Å². The molecular weight excluding hydrogens is 312 g/mol. The third kappa shape index (κ3) is 2.81. The van der Waals surface area contributed by atoms with Gasteiger partial charge in [0.25, 0.3) is 5.91 Å². The summed E-state index contributed by atoms with van der Waals surface area (Å²) in [6, 6.07) is 4.76. The molecule has 1 N–H and O–H groups in total. The van der Waals surface area contributed by atoms with Crippen LogP contribution in [-0.4, -0.2) is 27.4 Å². The van der Waals surface area contributed by atoms with Crippen molar-refractivity contribution in [2.24, 2.45) is 0 Å². The van der Waals surface area contributed by atoms with Crippen LogP contribution in [-0.2, 0) is 14.8 Å². The van der Waals surface area contributed by atoms with Gasteiger partial charge in [-0.3, -0.25) is 4.79 Å². The molecular formula is C17H22N2O3S. The van der Waals surface area contributed by atoms with E-state index in [2.05, 4.69) is 4.72 Å². The molecule has 1 aromatic rings. The second kappa shape index (κ2) is 5.76. The molecule has 5 nitrogen and oxygen atoms in total. The van der Waals surface area contributed by atoms with Gasteiger partial charge in [0, 0.05) is 24.2 Å². The van der Waals surface area contributed by atoms with Gasteiger partial charge in [-0.15, -0.1) is 0 Å². The van der Waals surface area contributed by atoms with Crippen LogP contribution < -0.4 is 9.62 Å². The monoisotopic (exact) mass is 334 g/mol. The predicted octanol–water partition coefficient (Wildman–Crippen LogP) is 2.68. The first kappa shape index (κ1) is 16.2. The van der Waals surface area contributed by atoms with Gasteiger partial charge in [0.2, 0.25) is 10.0 Å². The van der Waals surface area contributed by atoms with Crippen LogP contribution >= 0.6 is 0 Å². The molecule has 6 heteroatoms. The molecule has 3 rings (SSSR count). The number of nitrogens with zero attached hydrogens (tertiary/aromatic N) is 1. The number of hydrogen-bond donors (Lipinski definition) is 1. The van der Waals surface area contributed by atoms with Crippen molar-refractivity contribution in [3.05, 3.63) is 29.3 Å². The smallest absolute Gasteiger partial charge is 0.258 e. The van der Waals surface area contributed by atoms with Crippen LogP contribution in [0.5, 0.6) is 0 Å². The van der Waals surface area contributed by atoms with Crippen molar-refractivity contribution in [2.45, 2.75) is 50.5 Å². The van der Waals surface area contributed by atoms with E-state index in [-0.39, 0.29) is 16.8 Å². The van der Waals surface area contributed by atoms with Gasteiger partial charge < -0.3 is 4.90 Å². The quantitative estimate of drug-likeness (QED) is 0.864. The van der Waals surface area contributed by atoms with E-state index in [0.717, 1.165) is 42.5 Å². The Balaban J connectivity index is 2.13. The van der Waals surface area contributed by atoms with Gasteiger partial charge >= 0.3 is 0 Å². The lowest BCUT2D eigenvalue weighted by molar-refractivity contribution is -0.112. The number of carbonyl (C=O) groups excluding carboxylic acids is 1. The summed E-state index contributed by atoms with van der Waals surface area (Å²) >= 11 is 0. The number of amides is 1. The third-order valence-electron chi connectivity index (χ3n) is 4.38. The molecule has 1 saturated carbocycles. The summed E-state index contributed by atoms with van der Waals surface area (Å²) in [4.78, 5) is 14.4. The molecule has 1 aliphatic heterocycles. The van der Waals surface area contributed by atoms with E-state index in [1.165, 1.54) is 0 Å². The van der Waals surface area contributed by atoms with E-state index in [0.29, 0.717) is 5.57 Å². The molecule has 23 heavy (non-hydrogen) atoms. The lowest BCUT2D eigenvalue weighted by atomic mass is 10.00. The van der Waals surface area contributed by atoms with Crippen LogP contribution in [0.1, 0.15) is 45.1 Å². The van der Waals surface area contributed by atoms with Crippen molar-refractivity contribution >= 4 is 27.2 Å². The summed E-state index contributed by atoms with van der Waals surface area (Å²) in [6.07, 6.45) is 4.04. The van der Waals surface area contributed by atoms with Crippen molar-refractivity contribution in [2.75, 3.05) is 11.9 Å². The van der Waals surface area contributed by atoms with Crippen LogP contribution in [0.3, 0.4) is 0 Å². The number of likely N-dealkylation sites (N-methyl/N-ethyl adjacent to an activating group) is 1. The Labute approximate surface area is 137 Å². The summed E-state index contributed by atoms with van der Waals surface area (Å²) in [7, 11) is -1.83. The van der Waals surface area contributed by atoms with Crippen molar-refractivity contribution in [1.82, 2.24) is 4.72 Å². The largest absolute Gasteiger partial charge is 0.311 e. The Hall–Kier alpha value is -1.66. The highest BCUT2D eigenvalue weighted by Crippen LogP contribution is 2.42. The fourth-order valence-electron chi connectivity index (χ4n) is 3.34. The Morgan fingerprint density at radius 1 is 1.17 bits per heavy atom. The normalized spacial score (nSPS) is 18.3. The highest BCUT2D eigenvalue weighted by atomic mass is 32.2. The van der Waals surface area contributed by atoms with Crippen LogP contribution in [0.2, 0.25) is 0 Å². The van der Waals surface area contributed by atoms with Gasteiger partial charge in [0.15, 0.2) is 0 Å². The molecule has 0 saturated heterocycles. The maximum Gasteiger partial charge on any atom is 0.258 e.